The van der Waals surface area contributed by atoms with Crippen LogP contribution in [-0.4, -0.2) is 40.5 Å². The summed E-state index contributed by atoms with van der Waals surface area (Å²) in [6, 6.07) is 29.2. The summed E-state index contributed by atoms with van der Waals surface area (Å²) in [5.41, 5.74) is 6.07. The molecule has 0 bridgehead atoms. The van der Waals surface area contributed by atoms with Gasteiger partial charge in [-0.1, -0.05) is 72.8 Å². The van der Waals surface area contributed by atoms with Gasteiger partial charge in [-0.15, -0.1) is 0 Å². The van der Waals surface area contributed by atoms with Crippen LogP contribution >= 0.6 is 0 Å². The number of aromatic nitrogens is 3. The summed E-state index contributed by atoms with van der Waals surface area (Å²) in [7, 11) is 0. The van der Waals surface area contributed by atoms with E-state index < -0.39 is 34.3 Å². The highest BCUT2D eigenvalue weighted by Gasteiger charge is 2.27. The van der Waals surface area contributed by atoms with Crippen LogP contribution in [0.25, 0.3) is 56.0 Å². The van der Waals surface area contributed by atoms with Crippen molar-refractivity contribution in [3.63, 3.8) is 0 Å². The van der Waals surface area contributed by atoms with Gasteiger partial charge in [0.25, 0.3) is 0 Å². The first-order chi connectivity index (χ1) is 19.9. The Balaban J connectivity index is 1.58. The van der Waals surface area contributed by atoms with Gasteiger partial charge in [-0.2, -0.15) is 0 Å². The molecule has 0 fully saturated rings. The normalized spacial score (nSPS) is 10.9. The summed E-state index contributed by atoms with van der Waals surface area (Å²) in [6.45, 7) is 0. The fourth-order valence-corrected chi connectivity index (χ4v) is 4.71. The molecule has 6 aromatic rings. The Hall–Kier alpha value is -5.89. The maximum absolute atomic E-state index is 10.6. The molecule has 5 N–H and O–H groups in total. The van der Waals surface area contributed by atoms with Gasteiger partial charge in [0.1, 0.15) is 5.56 Å². The van der Waals surface area contributed by atoms with E-state index in [0.29, 0.717) is 11.3 Å². The van der Waals surface area contributed by atoms with Gasteiger partial charge in [0.05, 0.1) is 5.69 Å². The lowest BCUT2D eigenvalue weighted by Crippen LogP contribution is -1.97. The molecule has 0 saturated carbocycles. The second kappa shape index (κ2) is 10.3. The lowest BCUT2D eigenvalue weighted by Gasteiger charge is -2.15. The Morgan fingerprint density at radius 3 is 1.71 bits per heavy atom. The molecular weight excluding hydrogens is 518 g/mol. The molecule has 200 valence electrons. The van der Waals surface area contributed by atoms with E-state index in [0.717, 1.165) is 33.4 Å². The van der Waals surface area contributed by atoms with Gasteiger partial charge in [-0.25, -0.2) is 9.97 Å². The maximum atomic E-state index is 10.6. The molecule has 2 heterocycles. The average molecular weight is 542 g/mol. The first-order valence-electron chi connectivity index (χ1n) is 12.6. The summed E-state index contributed by atoms with van der Waals surface area (Å²) in [5, 5.41) is 51.3. The van der Waals surface area contributed by atoms with E-state index in [-0.39, 0.29) is 5.82 Å². The van der Waals surface area contributed by atoms with Crippen LogP contribution in [-0.2, 0) is 0 Å². The zero-order valence-corrected chi connectivity index (χ0v) is 21.5. The van der Waals surface area contributed by atoms with Crippen molar-refractivity contribution < 1.29 is 25.5 Å². The first-order valence-corrected chi connectivity index (χ1v) is 12.6. The van der Waals surface area contributed by atoms with Gasteiger partial charge in [0, 0.05) is 35.3 Å². The Morgan fingerprint density at radius 2 is 1.02 bits per heavy atom. The topological polar surface area (TPSA) is 140 Å². The molecule has 2 aromatic heterocycles. The fourth-order valence-electron chi connectivity index (χ4n) is 4.71. The molecule has 0 radical (unpaired) electrons. The molecule has 0 aliphatic carbocycles. The average Bonchev–Trinajstić information content (AvgIpc) is 3.04. The zero-order valence-electron chi connectivity index (χ0n) is 21.5. The van der Waals surface area contributed by atoms with Crippen LogP contribution in [0.3, 0.4) is 0 Å². The largest absolute Gasteiger partial charge is 0.504 e. The van der Waals surface area contributed by atoms with Gasteiger partial charge in [-0.3, -0.25) is 4.98 Å². The predicted molar refractivity (Wildman–Crippen MR) is 155 cm³/mol. The molecule has 0 amide bonds. The van der Waals surface area contributed by atoms with E-state index >= 15 is 0 Å². The van der Waals surface area contributed by atoms with Crippen molar-refractivity contribution in [2.24, 2.45) is 0 Å². The van der Waals surface area contributed by atoms with Crippen LogP contribution in [0.15, 0.2) is 110 Å². The third kappa shape index (κ3) is 4.63. The van der Waals surface area contributed by atoms with E-state index in [1.165, 1.54) is 0 Å². The molecule has 0 saturated heterocycles. The van der Waals surface area contributed by atoms with Crippen molar-refractivity contribution in [1.29, 1.82) is 0 Å². The number of pyridine rings is 1. The molecule has 0 spiro atoms. The van der Waals surface area contributed by atoms with Gasteiger partial charge in [0.2, 0.25) is 17.2 Å². The number of aromatic hydroxyl groups is 5. The van der Waals surface area contributed by atoms with Crippen LogP contribution in [0.1, 0.15) is 0 Å². The van der Waals surface area contributed by atoms with Crippen molar-refractivity contribution in [1.82, 2.24) is 15.0 Å². The summed E-state index contributed by atoms with van der Waals surface area (Å²) < 4.78 is 0. The monoisotopic (exact) mass is 541 g/mol. The minimum Gasteiger partial charge on any atom is -0.504 e. The highest BCUT2D eigenvalue weighted by atomic mass is 16.4. The highest BCUT2D eigenvalue weighted by Crippen LogP contribution is 2.54. The third-order valence-electron chi connectivity index (χ3n) is 6.79. The van der Waals surface area contributed by atoms with Gasteiger partial charge in [-0.05, 0) is 40.5 Å². The Morgan fingerprint density at radius 1 is 0.463 bits per heavy atom. The lowest BCUT2D eigenvalue weighted by atomic mass is 9.95. The van der Waals surface area contributed by atoms with Crippen LogP contribution in [0, 0.1) is 0 Å². The second-order valence-corrected chi connectivity index (χ2v) is 9.34. The molecular formula is C33H23N3O5. The van der Waals surface area contributed by atoms with Crippen molar-refractivity contribution >= 4 is 0 Å². The molecule has 6 rings (SSSR count). The number of rotatable bonds is 5. The predicted octanol–water partition coefficient (Wildman–Crippen LogP) is 6.73. The number of hydrogen-bond donors (Lipinski definition) is 5. The second-order valence-electron chi connectivity index (χ2n) is 9.34. The van der Waals surface area contributed by atoms with Crippen LogP contribution in [0.5, 0.6) is 28.7 Å². The van der Waals surface area contributed by atoms with Crippen molar-refractivity contribution in [3.8, 4) is 84.8 Å². The van der Waals surface area contributed by atoms with E-state index in [1.807, 2.05) is 91.0 Å². The summed E-state index contributed by atoms with van der Waals surface area (Å²) in [5.74, 6) is -4.96. The minimum atomic E-state index is -1.05. The molecule has 0 aliphatic rings. The highest BCUT2D eigenvalue weighted by molar-refractivity contribution is 5.87. The molecule has 8 nitrogen and oxygen atoms in total. The number of hydrogen-bond acceptors (Lipinski definition) is 8. The van der Waals surface area contributed by atoms with Crippen LogP contribution < -0.4 is 0 Å². The standard InChI is InChI=1S/C33H23N3O5/c37-28-26(29(38)31(40)32(41)30(28)39)33-35-18-25(22-11-4-10-21(15-22)24-13-6-14-34-17-24)27(36-33)23-12-5-9-20(16-23)19-7-2-1-3-8-19/h1-18,37-41H. The summed E-state index contributed by atoms with van der Waals surface area (Å²) in [4.78, 5) is 13.3. The molecule has 0 unspecified atom stereocenters. The quantitative estimate of drug-likeness (QED) is 0.119. The van der Waals surface area contributed by atoms with E-state index in [2.05, 4.69) is 9.97 Å². The van der Waals surface area contributed by atoms with E-state index in [4.69, 9.17) is 4.98 Å². The number of benzene rings is 4. The molecule has 0 aliphatic heterocycles. The smallest absolute Gasteiger partial charge is 0.208 e. The number of phenolic OH excluding ortho intramolecular Hbond substituents is 5. The lowest BCUT2D eigenvalue weighted by molar-refractivity contribution is 0.329. The summed E-state index contributed by atoms with van der Waals surface area (Å²) in [6.07, 6.45) is 5.04. The van der Waals surface area contributed by atoms with Crippen LogP contribution in [0.4, 0.5) is 0 Å². The SMILES string of the molecule is Oc1c(O)c(O)c(-c2ncc(-c3cccc(-c4cccnc4)c3)c(-c3cccc(-c4ccccc4)c3)n2)c(O)c1O. The number of nitrogens with zero attached hydrogens (tertiary/aromatic N) is 3. The van der Waals surface area contributed by atoms with E-state index in [9.17, 15) is 25.5 Å². The van der Waals surface area contributed by atoms with Gasteiger partial charge >= 0.3 is 0 Å². The molecule has 4 aromatic carbocycles. The molecule has 0 atom stereocenters. The minimum absolute atomic E-state index is 0.169. The zero-order chi connectivity index (χ0) is 28.5. The maximum Gasteiger partial charge on any atom is 0.208 e. The Kier molecular flexibility index (Phi) is 6.41. The third-order valence-corrected chi connectivity index (χ3v) is 6.79. The number of phenols is 5. The molecule has 41 heavy (non-hydrogen) atoms. The fraction of sp³-hybridized carbons (Fsp3) is 0. The van der Waals surface area contributed by atoms with Gasteiger partial charge < -0.3 is 25.5 Å². The molecule has 8 heteroatoms. The Bertz CT molecular complexity index is 1860. The first kappa shape index (κ1) is 25.4. The Labute approximate surface area is 234 Å². The van der Waals surface area contributed by atoms with Gasteiger partial charge in [0.15, 0.2) is 17.3 Å². The van der Waals surface area contributed by atoms with Crippen LogP contribution in [0.2, 0.25) is 0 Å². The summed E-state index contributed by atoms with van der Waals surface area (Å²) >= 11 is 0. The van der Waals surface area contributed by atoms with Crippen molar-refractivity contribution in [2.45, 2.75) is 0 Å². The van der Waals surface area contributed by atoms with E-state index in [1.54, 1.807) is 18.6 Å². The van der Waals surface area contributed by atoms with Crippen molar-refractivity contribution in [3.05, 3.63) is 110 Å². The van der Waals surface area contributed by atoms with Crippen molar-refractivity contribution in [2.75, 3.05) is 0 Å².